The second kappa shape index (κ2) is 58.7. The lowest BCUT2D eigenvalue weighted by molar-refractivity contribution is -0.167. The molecule has 1 atom stereocenters. The summed E-state index contributed by atoms with van der Waals surface area (Å²) in [6, 6.07) is 0. The molecule has 69 heavy (non-hydrogen) atoms. The highest BCUT2D eigenvalue weighted by atomic mass is 16.6. The minimum Gasteiger partial charge on any atom is -0.462 e. The van der Waals surface area contributed by atoms with Crippen molar-refractivity contribution in [3.63, 3.8) is 0 Å². The second-order valence-corrected chi connectivity index (χ2v) is 21.3. The van der Waals surface area contributed by atoms with Gasteiger partial charge in [0.2, 0.25) is 0 Å². The molecule has 0 aliphatic rings. The van der Waals surface area contributed by atoms with Crippen molar-refractivity contribution in [2.75, 3.05) is 13.2 Å². The molecule has 408 valence electrons. The fourth-order valence-corrected chi connectivity index (χ4v) is 9.56. The summed E-state index contributed by atoms with van der Waals surface area (Å²) in [6.07, 6.45) is 67.9. The van der Waals surface area contributed by atoms with E-state index in [1.54, 1.807) is 0 Å². The Balaban J connectivity index is 4.26. The van der Waals surface area contributed by atoms with Gasteiger partial charge in [0, 0.05) is 19.3 Å². The molecule has 0 aromatic heterocycles. The molecule has 0 spiro atoms. The molecule has 0 heterocycles. The van der Waals surface area contributed by atoms with Crippen molar-refractivity contribution in [2.45, 2.75) is 361 Å². The normalized spacial score (nSPS) is 12.0. The van der Waals surface area contributed by atoms with Crippen LogP contribution in [0.1, 0.15) is 355 Å². The Morgan fingerprint density at radius 2 is 0.478 bits per heavy atom. The summed E-state index contributed by atoms with van der Waals surface area (Å²) in [5.74, 6) is -0.847. The molecule has 6 nitrogen and oxygen atoms in total. The molecular weight excluding hydrogens is 853 g/mol. The molecule has 6 heteroatoms. The molecule has 0 amide bonds. The third-order valence-corrected chi connectivity index (χ3v) is 14.3. The molecule has 0 radical (unpaired) electrons. The fraction of sp³-hybridized carbons (Fsp3) is 0.921. The van der Waals surface area contributed by atoms with Crippen LogP contribution in [0.15, 0.2) is 12.2 Å². The first-order chi connectivity index (χ1) is 34.0. The van der Waals surface area contributed by atoms with E-state index in [0.717, 1.165) is 64.2 Å². The van der Waals surface area contributed by atoms with Crippen molar-refractivity contribution < 1.29 is 28.6 Å². The predicted octanol–water partition coefficient (Wildman–Crippen LogP) is 20.9. The van der Waals surface area contributed by atoms with E-state index >= 15 is 0 Å². The molecule has 0 aromatic rings. The van der Waals surface area contributed by atoms with Gasteiger partial charge in [-0.1, -0.05) is 303 Å². The van der Waals surface area contributed by atoms with Gasteiger partial charge in [-0.15, -0.1) is 0 Å². The fourth-order valence-electron chi connectivity index (χ4n) is 9.56. The summed E-state index contributed by atoms with van der Waals surface area (Å²) < 4.78 is 16.9. The molecule has 0 aliphatic heterocycles. The van der Waals surface area contributed by atoms with Gasteiger partial charge in [-0.05, 0) is 44.9 Å². The molecule has 0 fully saturated rings. The summed E-state index contributed by atoms with van der Waals surface area (Å²) in [6.45, 7) is 6.69. The van der Waals surface area contributed by atoms with E-state index in [-0.39, 0.29) is 31.1 Å². The largest absolute Gasteiger partial charge is 0.462 e. The van der Waals surface area contributed by atoms with Gasteiger partial charge < -0.3 is 14.2 Å². The molecule has 0 rings (SSSR count). The predicted molar refractivity (Wildman–Crippen MR) is 298 cm³/mol. The van der Waals surface area contributed by atoms with Crippen molar-refractivity contribution in [2.24, 2.45) is 0 Å². The molecule has 0 N–H and O–H groups in total. The number of hydrogen-bond donors (Lipinski definition) is 0. The number of unbranched alkanes of at least 4 members (excludes halogenated alkanes) is 45. The first-order valence-electron chi connectivity index (χ1n) is 31.2. The lowest BCUT2D eigenvalue weighted by atomic mass is 10.0. The number of allylic oxidation sites excluding steroid dienone is 2. The highest BCUT2D eigenvalue weighted by Gasteiger charge is 2.19. The Labute approximate surface area is 431 Å². The summed E-state index contributed by atoms with van der Waals surface area (Å²) in [5, 5.41) is 0. The monoisotopic (exact) mass is 973 g/mol. The van der Waals surface area contributed by atoms with Crippen LogP contribution in [-0.2, 0) is 28.6 Å². The SMILES string of the molecule is CCCCCC/C=C\CCCCCCCC(=O)OCC(COC(=O)CCCCCCCCCCCCCCCCCCCCCCC)OC(=O)CCCCCCCCCCCCCCCCCCC. The summed E-state index contributed by atoms with van der Waals surface area (Å²) >= 11 is 0. The van der Waals surface area contributed by atoms with Crippen LogP contribution in [0.4, 0.5) is 0 Å². The lowest BCUT2D eigenvalue weighted by Crippen LogP contribution is -2.30. The standard InChI is InChI=1S/C63H120O6/c1-4-7-10-13-16-19-22-25-27-29-30-31-32-34-35-38-41-44-47-50-53-56-62(65)68-59-60(58-67-61(64)55-52-49-46-43-40-37-24-21-18-15-12-9-6-3)69-63(66)57-54-51-48-45-42-39-36-33-28-26-23-20-17-14-11-8-5-2/h21,24,60H,4-20,22-23,25-59H2,1-3H3/b24-21-. The van der Waals surface area contributed by atoms with Gasteiger partial charge in [-0.3, -0.25) is 14.4 Å². The number of hydrogen-bond acceptors (Lipinski definition) is 6. The number of carbonyl (C=O) groups is 3. The van der Waals surface area contributed by atoms with Gasteiger partial charge in [-0.25, -0.2) is 0 Å². The number of ether oxygens (including phenoxy) is 3. The number of carbonyl (C=O) groups excluding carboxylic acids is 3. The van der Waals surface area contributed by atoms with Crippen LogP contribution in [0.25, 0.3) is 0 Å². The number of rotatable bonds is 58. The smallest absolute Gasteiger partial charge is 0.306 e. The Kier molecular flexibility index (Phi) is 57.1. The maximum Gasteiger partial charge on any atom is 0.306 e. The van der Waals surface area contributed by atoms with Crippen molar-refractivity contribution >= 4 is 17.9 Å². The summed E-state index contributed by atoms with van der Waals surface area (Å²) in [4.78, 5) is 38.2. The third kappa shape index (κ3) is 56.9. The third-order valence-electron chi connectivity index (χ3n) is 14.3. The zero-order valence-electron chi connectivity index (χ0n) is 46.9. The first kappa shape index (κ1) is 67.1. The zero-order valence-corrected chi connectivity index (χ0v) is 46.9. The molecule has 0 aliphatic carbocycles. The van der Waals surface area contributed by atoms with Crippen molar-refractivity contribution in [3.05, 3.63) is 12.2 Å². The Morgan fingerprint density at radius 1 is 0.275 bits per heavy atom. The molecule has 1 unspecified atom stereocenters. The van der Waals surface area contributed by atoms with Gasteiger partial charge in [0.25, 0.3) is 0 Å². The Hall–Kier alpha value is -1.85. The van der Waals surface area contributed by atoms with Crippen LogP contribution in [-0.4, -0.2) is 37.2 Å². The van der Waals surface area contributed by atoms with Gasteiger partial charge in [0.05, 0.1) is 0 Å². The van der Waals surface area contributed by atoms with Crippen LogP contribution < -0.4 is 0 Å². The topological polar surface area (TPSA) is 78.9 Å². The van der Waals surface area contributed by atoms with E-state index in [1.807, 2.05) is 0 Å². The van der Waals surface area contributed by atoms with E-state index in [0.29, 0.717) is 19.3 Å². The molecule has 0 saturated heterocycles. The maximum atomic E-state index is 12.9. The highest BCUT2D eigenvalue weighted by molar-refractivity contribution is 5.71. The van der Waals surface area contributed by atoms with Gasteiger partial charge in [0.15, 0.2) is 6.10 Å². The van der Waals surface area contributed by atoms with Gasteiger partial charge in [-0.2, -0.15) is 0 Å². The van der Waals surface area contributed by atoms with Crippen molar-refractivity contribution in [3.8, 4) is 0 Å². The summed E-state index contributed by atoms with van der Waals surface area (Å²) in [5.41, 5.74) is 0. The minimum atomic E-state index is -0.768. The van der Waals surface area contributed by atoms with Crippen LogP contribution in [0.2, 0.25) is 0 Å². The molecule has 0 saturated carbocycles. The Bertz CT molecular complexity index is 1070. The molecule has 0 aromatic carbocycles. The molecular formula is C63H120O6. The average molecular weight is 974 g/mol. The van der Waals surface area contributed by atoms with Gasteiger partial charge in [0.1, 0.15) is 13.2 Å². The van der Waals surface area contributed by atoms with Crippen LogP contribution >= 0.6 is 0 Å². The van der Waals surface area contributed by atoms with E-state index in [2.05, 4.69) is 32.9 Å². The maximum absolute atomic E-state index is 12.9. The zero-order chi connectivity index (χ0) is 50.0. The van der Waals surface area contributed by atoms with Crippen LogP contribution in [0.3, 0.4) is 0 Å². The van der Waals surface area contributed by atoms with E-state index in [1.165, 1.54) is 250 Å². The van der Waals surface area contributed by atoms with E-state index in [9.17, 15) is 14.4 Å². The summed E-state index contributed by atoms with van der Waals surface area (Å²) in [7, 11) is 0. The Morgan fingerprint density at radius 3 is 0.739 bits per heavy atom. The van der Waals surface area contributed by atoms with Crippen LogP contribution in [0, 0.1) is 0 Å². The lowest BCUT2D eigenvalue weighted by Gasteiger charge is -2.18. The van der Waals surface area contributed by atoms with E-state index < -0.39 is 6.10 Å². The van der Waals surface area contributed by atoms with Crippen molar-refractivity contribution in [1.82, 2.24) is 0 Å². The van der Waals surface area contributed by atoms with Gasteiger partial charge >= 0.3 is 17.9 Å². The van der Waals surface area contributed by atoms with Crippen molar-refractivity contribution in [1.29, 1.82) is 0 Å². The first-order valence-corrected chi connectivity index (χ1v) is 31.2. The van der Waals surface area contributed by atoms with E-state index in [4.69, 9.17) is 14.2 Å². The average Bonchev–Trinajstić information content (AvgIpc) is 3.35. The quantitative estimate of drug-likeness (QED) is 0.0261. The molecule has 0 bridgehead atoms. The van der Waals surface area contributed by atoms with Crippen LogP contribution in [0.5, 0.6) is 0 Å². The second-order valence-electron chi connectivity index (χ2n) is 21.3. The number of esters is 3. The highest BCUT2D eigenvalue weighted by Crippen LogP contribution is 2.18. The minimum absolute atomic E-state index is 0.0661.